The van der Waals surface area contributed by atoms with Gasteiger partial charge in [-0.1, -0.05) is 50.6 Å². The number of fused-ring (bicyclic) bond motifs is 3. The summed E-state index contributed by atoms with van der Waals surface area (Å²) in [5.74, 6) is 0.123. The number of benzene rings is 1. The Labute approximate surface area is 169 Å². The minimum Gasteiger partial charge on any atom is -0.453 e. The van der Waals surface area contributed by atoms with Gasteiger partial charge in [0.25, 0.3) is 5.91 Å². The lowest BCUT2D eigenvalue weighted by atomic mass is 9.78. The first kappa shape index (κ1) is 19.3. The molecule has 28 heavy (non-hydrogen) atoms. The normalized spacial score (nSPS) is 31.3. The van der Waals surface area contributed by atoms with Crippen molar-refractivity contribution in [2.24, 2.45) is 11.8 Å². The molecule has 1 saturated carbocycles. The van der Waals surface area contributed by atoms with E-state index >= 15 is 0 Å². The summed E-state index contributed by atoms with van der Waals surface area (Å²) in [6, 6.07) is 7.62. The van der Waals surface area contributed by atoms with Crippen LogP contribution < -0.4 is 10.2 Å². The van der Waals surface area contributed by atoms with Gasteiger partial charge in [0.15, 0.2) is 11.5 Å². The van der Waals surface area contributed by atoms with Crippen molar-refractivity contribution < 1.29 is 19.1 Å². The minimum absolute atomic E-state index is 0.0798. The van der Waals surface area contributed by atoms with Gasteiger partial charge in [0.2, 0.25) is 5.91 Å². The number of ether oxygens (including phenoxy) is 1. The number of esters is 1. The number of rotatable bonds is 4. The maximum Gasteiger partial charge on any atom is 0.344 e. The standard InChI is InChI=1S/C21H26N2O4S/c1-13-6-5-7-15(14(13)2)22-18(24)12-27-20(26)21-11-10-19(25)23(21)16-8-3-4-9-17(16)28-21/h3-4,8-9,13-15H,5-7,10-12H2,1-2H3,(H,22,24). The molecule has 4 rings (SSSR count). The number of nitrogens with zero attached hydrogens (tertiary/aromatic N) is 1. The van der Waals surface area contributed by atoms with Crippen LogP contribution in [-0.2, 0) is 19.1 Å². The van der Waals surface area contributed by atoms with Crippen molar-refractivity contribution >= 4 is 35.2 Å². The molecular weight excluding hydrogens is 376 g/mol. The Morgan fingerprint density at radius 2 is 2.07 bits per heavy atom. The Hall–Kier alpha value is -2.02. The van der Waals surface area contributed by atoms with E-state index in [0.717, 1.165) is 23.4 Å². The first-order valence-corrected chi connectivity index (χ1v) is 10.8. The molecule has 3 aliphatic rings. The number of nitrogens with one attached hydrogen (secondary N) is 1. The number of anilines is 1. The van der Waals surface area contributed by atoms with E-state index in [0.29, 0.717) is 24.7 Å². The zero-order valence-corrected chi connectivity index (χ0v) is 17.1. The second kappa shape index (κ2) is 7.43. The van der Waals surface area contributed by atoms with Gasteiger partial charge >= 0.3 is 5.97 Å². The average molecular weight is 403 g/mol. The van der Waals surface area contributed by atoms with Gasteiger partial charge in [-0.05, 0) is 30.4 Å². The van der Waals surface area contributed by atoms with Crippen LogP contribution in [0.1, 0.15) is 46.0 Å². The van der Waals surface area contributed by atoms with Crippen molar-refractivity contribution in [3.8, 4) is 0 Å². The van der Waals surface area contributed by atoms with E-state index in [1.165, 1.54) is 18.2 Å². The number of amides is 2. The predicted molar refractivity (Wildman–Crippen MR) is 107 cm³/mol. The van der Waals surface area contributed by atoms with Crippen LogP contribution in [0.3, 0.4) is 0 Å². The zero-order valence-electron chi connectivity index (χ0n) is 16.3. The fourth-order valence-corrected chi connectivity index (χ4v) is 5.96. The van der Waals surface area contributed by atoms with E-state index in [-0.39, 0.29) is 24.5 Å². The summed E-state index contributed by atoms with van der Waals surface area (Å²) in [5, 5.41) is 3.02. The van der Waals surface area contributed by atoms with Gasteiger partial charge < -0.3 is 10.1 Å². The molecule has 2 amide bonds. The van der Waals surface area contributed by atoms with Crippen LogP contribution in [0.25, 0.3) is 0 Å². The SMILES string of the molecule is CC1CCCC(NC(=O)COC(=O)C23CCC(=O)N2c2ccccc2S3)C1C. The molecule has 6 nitrogen and oxygen atoms in total. The first-order chi connectivity index (χ1) is 13.4. The summed E-state index contributed by atoms with van der Waals surface area (Å²) < 4.78 is 5.41. The molecule has 1 aliphatic carbocycles. The number of hydrogen-bond donors (Lipinski definition) is 1. The molecule has 7 heteroatoms. The lowest BCUT2D eigenvalue weighted by molar-refractivity contribution is -0.151. The van der Waals surface area contributed by atoms with Gasteiger partial charge in [0, 0.05) is 23.8 Å². The summed E-state index contributed by atoms with van der Waals surface area (Å²) >= 11 is 1.35. The Morgan fingerprint density at radius 3 is 2.89 bits per heavy atom. The van der Waals surface area contributed by atoms with Crippen LogP contribution in [-0.4, -0.2) is 35.3 Å². The first-order valence-electron chi connectivity index (χ1n) is 10.00. The lowest BCUT2D eigenvalue weighted by Crippen LogP contribution is -2.49. The highest BCUT2D eigenvalue weighted by atomic mass is 32.2. The summed E-state index contributed by atoms with van der Waals surface area (Å²) in [5.41, 5.74) is 0.751. The van der Waals surface area contributed by atoms with E-state index in [1.54, 1.807) is 4.90 Å². The largest absolute Gasteiger partial charge is 0.453 e. The molecule has 2 heterocycles. The number of carbonyl (C=O) groups is 3. The van der Waals surface area contributed by atoms with Crippen molar-refractivity contribution in [3.05, 3.63) is 24.3 Å². The molecule has 0 spiro atoms. The van der Waals surface area contributed by atoms with Crippen LogP contribution in [0.15, 0.2) is 29.2 Å². The summed E-state index contributed by atoms with van der Waals surface area (Å²) in [4.78, 5) is 39.1. The number of para-hydroxylation sites is 1. The molecule has 150 valence electrons. The second-order valence-electron chi connectivity index (χ2n) is 8.10. The molecule has 4 atom stereocenters. The van der Waals surface area contributed by atoms with E-state index in [9.17, 15) is 14.4 Å². The smallest absolute Gasteiger partial charge is 0.344 e. The highest BCUT2D eigenvalue weighted by molar-refractivity contribution is 8.02. The summed E-state index contributed by atoms with van der Waals surface area (Å²) in [7, 11) is 0. The number of thioether (sulfide) groups is 1. The van der Waals surface area contributed by atoms with Gasteiger partial charge in [0.05, 0.1) is 5.69 Å². The summed E-state index contributed by atoms with van der Waals surface area (Å²) in [6.45, 7) is 4.06. The minimum atomic E-state index is -1.08. The molecule has 0 radical (unpaired) electrons. The molecule has 1 aromatic rings. The van der Waals surface area contributed by atoms with Gasteiger partial charge in [-0.15, -0.1) is 0 Å². The third kappa shape index (κ3) is 3.19. The quantitative estimate of drug-likeness (QED) is 0.784. The van der Waals surface area contributed by atoms with E-state index in [2.05, 4.69) is 19.2 Å². The van der Waals surface area contributed by atoms with Crippen LogP contribution in [0.4, 0.5) is 5.69 Å². The Kier molecular flexibility index (Phi) is 5.12. The zero-order chi connectivity index (χ0) is 19.9. The highest BCUT2D eigenvalue weighted by Crippen LogP contribution is 2.56. The maximum atomic E-state index is 13.0. The third-order valence-electron chi connectivity index (χ3n) is 6.38. The average Bonchev–Trinajstić information content (AvgIpc) is 3.19. The molecule has 4 unspecified atom stereocenters. The van der Waals surface area contributed by atoms with Gasteiger partial charge in [-0.2, -0.15) is 0 Å². The monoisotopic (exact) mass is 402 g/mol. The third-order valence-corrected chi connectivity index (χ3v) is 7.84. The maximum absolute atomic E-state index is 13.0. The van der Waals surface area contributed by atoms with E-state index in [4.69, 9.17) is 4.74 Å². The predicted octanol–water partition coefficient (Wildman–Crippen LogP) is 3.10. The van der Waals surface area contributed by atoms with Gasteiger partial charge in [-0.25, -0.2) is 4.79 Å². The van der Waals surface area contributed by atoms with E-state index < -0.39 is 10.8 Å². The molecule has 1 N–H and O–H groups in total. The van der Waals surface area contributed by atoms with Crippen molar-refractivity contribution in [1.82, 2.24) is 5.32 Å². The van der Waals surface area contributed by atoms with Crippen molar-refractivity contribution in [3.63, 3.8) is 0 Å². The molecule has 2 fully saturated rings. The Morgan fingerprint density at radius 1 is 1.29 bits per heavy atom. The molecule has 0 aromatic heterocycles. The topological polar surface area (TPSA) is 75.7 Å². The Balaban J connectivity index is 1.40. The van der Waals surface area contributed by atoms with Crippen molar-refractivity contribution in [2.45, 2.75) is 61.8 Å². The van der Waals surface area contributed by atoms with Gasteiger partial charge in [0.1, 0.15) is 0 Å². The fraction of sp³-hybridized carbons (Fsp3) is 0.571. The fourth-order valence-electron chi connectivity index (χ4n) is 4.55. The number of hydrogen-bond acceptors (Lipinski definition) is 5. The number of carbonyl (C=O) groups excluding carboxylic acids is 3. The molecule has 1 saturated heterocycles. The van der Waals surface area contributed by atoms with Crippen LogP contribution in [0, 0.1) is 11.8 Å². The van der Waals surface area contributed by atoms with Crippen LogP contribution in [0.2, 0.25) is 0 Å². The Bertz CT molecular complexity index is 813. The molecular formula is C21H26N2O4S. The van der Waals surface area contributed by atoms with Crippen molar-refractivity contribution in [2.75, 3.05) is 11.5 Å². The van der Waals surface area contributed by atoms with Crippen molar-refractivity contribution in [1.29, 1.82) is 0 Å². The molecule has 2 aliphatic heterocycles. The lowest BCUT2D eigenvalue weighted by Gasteiger charge is -2.34. The van der Waals surface area contributed by atoms with Gasteiger partial charge in [-0.3, -0.25) is 14.5 Å². The van der Waals surface area contributed by atoms with E-state index in [1.807, 2.05) is 24.3 Å². The second-order valence-corrected chi connectivity index (χ2v) is 9.42. The molecule has 1 aromatic carbocycles. The van der Waals surface area contributed by atoms with Crippen LogP contribution >= 0.6 is 11.8 Å². The molecule has 0 bridgehead atoms. The van der Waals surface area contributed by atoms with Crippen LogP contribution in [0.5, 0.6) is 0 Å². The summed E-state index contributed by atoms with van der Waals surface area (Å²) in [6.07, 6.45) is 3.95. The highest BCUT2D eigenvalue weighted by Gasteiger charge is 2.58.